The summed E-state index contributed by atoms with van der Waals surface area (Å²) in [6.45, 7) is 2.30. The lowest BCUT2D eigenvalue weighted by atomic mass is 9.82. The van der Waals surface area contributed by atoms with Gasteiger partial charge in [-0.15, -0.1) is 0 Å². The van der Waals surface area contributed by atoms with E-state index < -0.39 is 17.7 Å². The predicted octanol–water partition coefficient (Wildman–Crippen LogP) is 4.94. The Bertz CT molecular complexity index is 1250. The molecule has 2 aliphatic rings. The number of rotatable bonds is 6. The van der Waals surface area contributed by atoms with Crippen molar-refractivity contribution in [2.24, 2.45) is 5.92 Å². The molecular weight excluding hydrogens is 479 g/mol. The topological polar surface area (TPSA) is 44.8 Å². The Labute approximate surface area is 214 Å². The van der Waals surface area contributed by atoms with Gasteiger partial charge in [-0.1, -0.05) is 42.5 Å². The number of benzene rings is 3. The van der Waals surface area contributed by atoms with Crippen LogP contribution in [0.2, 0.25) is 0 Å². The number of nitrogens with zero attached hydrogens (tertiary/aromatic N) is 2. The summed E-state index contributed by atoms with van der Waals surface area (Å²) in [7, 11) is 1.63. The van der Waals surface area contributed by atoms with Gasteiger partial charge in [0.15, 0.2) is 0 Å². The minimum atomic E-state index is -4.43. The standard InChI is InChI=1S/C29H30F3N3O2/c1-37-27-10-6-5-9-25(27)34-15-16-35-24-12-11-22(29(30,31)32)17-21(24)18-23(26(35)19-34)28(36)33-14-13-20-7-3-2-4-8-20/h2-12,17,23,26H,13-16,18-19H2,1H3,(H,33,36). The fraction of sp³-hybridized carbons (Fsp3) is 0.345. The second-order valence-electron chi connectivity index (χ2n) is 9.56. The molecule has 0 radical (unpaired) electrons. The lowest BCUT2D eigenvalue weighted by Crippen LogP contribution is -2.61. The molecule has 3 aromatic rings. The lowest BCUT2D eigenvalue weighted by molar-refractivity contribution is -0.137. The molecule has 1 saturated heterocycles. The maximum absolute atomic E-state index is 13.5. The van der Waals surface area contributed by atoms with Crippen molar-refractivity contribution in [3.05, 3.63) is 89.5 Å². The van der Waals surface area contributed by atoms with Crippen LogP contribution in [0.5, 0.6) is 5.75 Å². The number of amides is 1. The quantitative estimate of drug-likeness (QED) is 0.511. The van der Waals surface area contributed by atoms with Gasteiger partial charge in [-0.3, -0.25) is 4.79 Å². The fourth-order valence-corrected chi connectivity index (χ4v) is 5.52. The van der Waals surface area contributed by atoms with Crippen LogP contribution in [0.25, 0.3) is 0 Å². The van der Waals surface area contributed by atoms with Crippen molar-refractivity contribution in [2.75, 3.05) is 43.1 Å². The summed E-state index contributed by atoms with van der Waals surface area (Å²) in [5, 5.41) is 3.06. The first-order chi connectivity index (χ1) is 17.8. The van der Waals surface area contributed by atoms with Gasteiger partial charge >= 0.3 is 6.18 Å². The van der Waals surface area contributed by atoms with Gasteiger partial charge in [-0.2, -0.15) is 13.2 Å². The van der Waals surface area contributed by atoms with E-state index in [2.05, 4.69) is 15.1 Å². The van der Waals surface area contributed by atoms with Gasteiger partial charge < -0.3 is 19.9 Å². The molecular formula is C29H30F3N3O2. The highest BCUT2D eigenvalue weighted by Crippen LogP contribution is 2.41. The first-order valence-electron chi connectivity index (χ1n) is 12.5. The summed E-state index contributed by atoms with van der Waals surface area (Å²) in [5.74, 6) is 0.144. The number of carbonyl (C=O) groups excluding carboxylic acids is 1. The van der Waals surface area contributed by atoms with E-state index in [4.69, 9.17) is 4.74 Å². The van der Waals surface area contributed by atoms with E-state index >= 15 is 0 Å². The van der Waals surface area contributed by atoms with Gasteiger partial charge in [0, 0.05) is 31.9 Å². The second kappa shape index (κ2) is 10.4. The fourth-order valence-electron chi connectivity index (χ4n) is 5.52. The molecule has 2 heterocycles. The van der Waals surface area contributed by atoms with Crippen molar-refractivity contribution in [2.45, 2.75) is 25.1 Å². The highest BCUT2D eigenvalue weighted by molar-refractivity contribution is 5.82. The Balaban J connectivity index is 1.42. The Morgan fingerprint density at radius 3 is 2.51 bits per heavy atom. The smallest absolute Gasteiger partial charge is 0.416 e. The van der Waals surface area contributed by atoms with Crippen LogP contribution in [0.15, 0.2) is 72.8 Å². The summed E-state index contributed by atoms with van der Waals surface area (Å²) in [6.07, 6.45) is -3.48. The first kappa shape index (κ1) is 25.0. The zero-order valence-electron chi connectivity index (χ0n) is 20.7. The van der Waals surface area contributed by atoms with Gasteiger partial charge in [0.25, 0.3) is 0 Å². The van der Waals surface area contributed by atoms with Gasteiger partial charge in [-0.25, -0.2) is 0 Å². The van der Waals surface area contributed by atoms with E-state index in [-0.39, 0.29) is 18.4 Å². The number of nitrogens with one attached hydrogen (secondary N) is 1. The normalized spacial score (nSPS) is 19.1. The van der Waals surface area contributed by atoms with Crippen molar-refractivity contribution in [1.29, 1.82) is 0 Å². The Hall–Kier alpha value is -3.68. The van der Waals surface area contributed by atoms with Gasteiger partial charge in [0.1, 0.15) is 5.75 Å². The molecule has 194 valence electrons. The van der Waals surface area contributed by atoms with Crippen LogP contribution < -0.4 is 19.9 Å². The van der Waals surface area contributed by atoms with E-state index in [1.165, 1.54) is 6.07 Å². The minimum Gasteiger partial charge on any atom is -0.495 e. The number of para-hydroxylation sites is 2. The summed E-state index contributed by atoms with van der Waals surface area (Å²) in [4.78, 5) is 17.8. The molecule has 2 aliphatic heterocycles. The van der Waals surface area contributed by atoms with E-state index in [1.807, 2.05) is 54.6 Å². The highest BCUT2D eigenvalue weighted by atomic mass is 19.4. The number of piperazine rings is 1. The molecule has 0 bridgehead atoms. The van der Waals surface area contributed by atoms with Gasteiger partial charge in [0.2, 0.25) is 5.91 Å². The third-order valence-electron chi connectivity index (χ3n) is 7.36. The Kier molecular flexibility index (Phi) is 7.00. The van der Waals surface area contributed by atoms with Crippen molar-refractivity contribution in [3.63, 3.8) is 0 Å². The number of carbonyl (C=O) groups is 1. The Morgan fingerprint density at radius 1 is 1.00 bits per heavy atom. The zero-order chi connectivity index (χ0) is 26.0. The number of fused-ring (bicyclic) bond motifs is 3. The molecule has 8 heteroatoms. The molecule has 1 N–H and O–H groups in total. The molecule has 1 fully saturated rings. The van der Waals surface area contributed by atoms with Crippen molar-refractivity contribution in [3.8, 4) is 5.75 Å². The maximum Gasteiger partial charge on any atom is 0.416 e. The third-order valence-corrected chi connectivity index (χ3v) is 7.36. The molecule has 0 spiro atoms. The molecule has 0 aliphatic carbocycles. The van der Waals surface area contributed by atoms with E-state index in [0.717, 1.165) is 28.8 Å². The SMILES string of the molecule is COc1ccccc1N1CCN2c3ccc(C(F)(F)F)cc3CC(C(=O)NCCc3ccccc3)C2C1. The number of hydrogen-bond donors (Lipinski definition) is 1. The molecule has 5 nitrogen and oxygen atoms in total. The molecule has 1 amide bonds. The minimum absolute atomic E-state index is 0.129. The molecule has 2 atom stereocenters. The number of halogens is 3. The number of hydrogen-bond acceptors (Lipinski definition) is 4. The summed E-state index contributed by atoms with van der Waals surface area (Å²) >= 11 is 0. The molecule has 0 aromatic heterocycles. The van der Waals surface area contributed by atoms with Crippen LogP contribution >= 0.6 is 0 Å². The monoisotopic (exact) mass is 509 g/mol. The third kappa shape index (κ3) is 5.24. The van der Waals surface area contributed by atoms with Crippen molar-refractivity contribution in [1.82, 2.24) is 5.32 Å². The van der Waals surface area contributed by atoms with E-state index in [0.29, 0.717) is 38.2 Å². The van der Waals surface area contributed by atoms with Gasteiger partial charge in [-0.05, 0) is 54.3 Å². The largest absolute Gasteiger partial charge is 0.495 e. The molecule has 0 saturated carbocycles. The van der Waals surface area contributed by atoms with E-state index in [1.54, 1.807) is 13.2 Å². The summed E-state index contributed by atoms with van der Waals surface area (Å²) in [5.41, 5.74) is 2.74. The number of alkyl halides is 3. The number of ether oxygens (including phenoxy) is 1. The molecule has 5 rings (SSSR count). The van der Waals surface area contributed by atoms with E-state index in [9.17, 15) is 18.0 Å². The van der Waals surface area contributed by atoms with Crippen molar-refractivity contribution >= 4 is 17.3 Å². The van der Waals surface area contributed by atoms with Crippen LogP contribution in [0.1, 0.15) is 16.7 Å². The summed E-state index contributed by atoms with van der Waals surface area (Å²) in [6, 6.07) is 21.4. The molecule has 2 unspecified atom stereocenters. The molecule has 3 aromatic carbocycles. The highest BCUT2D eigenvalue weighted by Gasteiger charge is 2.43. The zero-order valence-corrected chi connectivity index (χ0v) is 20.7. The predicted molar refractivity (Wildman–Crippen MR) is 138 cm³/mol. The van der Waals surface area contributed by atoms with Crippen molar-refractivity contribution < 1.29 is 22.7 Å². The van der Waals surface area contributed by atoms with Crippen LogP contribution in [0.3, 0.4) is 0 Å². The number of methoxy groups -OCH3 is 1. The summed E-state index contributed by atoms with van der Waals surface area (Å²) < 4.78 is 46.0. The van der Waals surface area contributed by atoms with Crippen LogP contribution in [0, 0.1) is 5.92 Å². The van der Waals surface area contributed by atoms with Crippen LogP contribution in [-0.4, -0.2) is 45.2 Å². The number of anilines is 2. The Morgan fingerprint density at radius 2 is 1.76 bits per heavy atom. The molecule has 37 heavy (non-hydrogen) atoms. The average molecular weight is 510 g/mol. The van der Waals surface area contributed by atoms with Crippen LogP contribution in [0.4, 0.5) is 24.5 Å². The van der Waals surface area contributed by atoms with Gasteiger partial charge in [0.05, 0.1) is 30.3 Å². The second-order valence-corrected chi connectivity index (χ2v) is 9.56. The first-order valence-corrected chi connectivity index (χ1v) is 12.5. The lowest BCUT2D eigenvalue weighted by Gasteiger charge is -2.49. The average Bonchev–Trinajstić information content (AvgIpc) is 2.92. The van der Waals surface area contributed by atoms with Crippen LogP contribution in [-0.2, 0) is 23.8 Å². The maximum atomic E-state index is 13.5.